The number of carbonyl (C=O) groups is 2. The maximum Gasteiger partial charge on any atom is 0.253 e. The van der Waals surface area contributed by atoms with Crippen LogP contribution in [0, 0.1) is 13.8 Å². The van der Waals surface area contributed by atoms with Crippen molar-refractivity contribution in [2.24, 2.45) is 0 Å². The fourth-order valence-electron chi connectivity index (χ4n) is 2.39. The van der Waals surface area contributed by atoms with Gasteiger partial charge in [-0.2, -0.15) is 0 Å². The zero-order valence-electron chi connectivity index (χ0n) is 11.8. The summed E-state index contributed by atoms with van der Waals surface area (Å²) < 4.78 is 0. The van der Waals surface area contributed by atoms with E-state index in [2.05, 4.69) is 10.3 Å². The van der Waals surface area contributed by atoms with Crippen molar-refractivity contribution in [2.45, 2.75) is 33.2 Å². The van der Waals surface area contributed by atoms with Crippen molar-refractivity contribution in [2.75, 3.05) is 13.1 Å². The van der Waals surface area contributed by atoms with Crippen molar-refractivity contribution < 1.29 is 9.59 Å². The third kappa shape index (κ3) is 3.26. The van der Waals surface area contributed by atoms with E-state index >= 15 is 0 Å². The van der Waals surface area contributed by atoms with Gasteiger partial charge in [0.05, 0.1) is 6.54 Å². The molecule has 0 atom stereocenters. The van der Waals surface area contributed by atoms with Gasteiger partial charge in [-0.3, -0.25) is 14.4 Å². The Hall–Kier alpha value is -2.11. The molecule has 1 aliphatic heterocycles. The second-order valence-corrected chi connectivity index (χ2v) is 5.14. The van der Waals surface area contributed by atoms with Gasteiger partial charge in [-0.25, -0.2) is 0 Å². The molecule has 2 heterocycles. The Bertz CT molecular complexity index is 592. The Kier molecular flexibility index (Phi) is 4.22. The van der Waals surface area contributed by atoms with Crippen LogP contribution in [0.15, 0.2) is 10.9 Å². The number of H-pyrrole nitrogens is 1. The van der Waals surface area contributed by atoms with Gasteiger partial charge >= 0.3 is 0 Å². The van der Waals surface area contributed by atoms with E-state index in [0.717, 1.165) is 17.7 Å². The number of amides is 2. The van der Waals surface area contributed by atoms with Gasteiger partial charge in [0, 0.05) is 30.8 Å². The standard InChI is InChI=1S/C14H19N3O3/c1-9-6-10(2)16-14(20)11(9)7-15-12(18)8-17-5-3-4-13(17)19/h6H,3-5,7-8H2,1-2H3,(H,15,18)(H,16,20). The minimum atomic E-state index is -0.236. The van der Waals surface area contributed by atoms with Crippen molar-refractivity contribution in [3.63, 3.8) is 0 Å². The number of rotatable bonds is 4. The average Bonchev–Trinajstić information content (AvgIpc) is 2.73. The number of aryl methyl sites for hydroxylation is 2. The number of nitrogens with zero attached hydrogens (tertiary/aromatic N) is 1. The summed E-state index contributed by atoms with van der Waals surface area (Å²) in [5.41, 5.74) is 2.02. The van der Waals surface area contributed by atoms with Crippen LogP contribution in [0.2, 0.25) is 0 Å². The largest absolute Gasteiger partial charge is 0.350 e. The molecular formula is C14H19N3O3. The van der Waals surface area contributed by atoms with Crippen LogP contribution in [-0.2, 0) is 16.1 Å². The maximum absolute atomic E-state index is 11.8. The quantitative estimate of drug-likeness (QED) is 0.826. The first-order valence-electron chi connectivity index (χ1n) is 6.71. The number of likely N-dealkylation sites (tertiary alicyclic amines) is 1. The smallest absolute Gasteiger partial charge is 0.253 e. The minimum absolute atomic E-state index is 0.0181. The number of aromatic amines is 1. The monoisotopic (exact) mass is 277 g/mol. The normalized spacial score (nSPS) is 14.7. The lowest BCUT2D eigenvalue weighted by molar-refractivity contribution is -0.133. The SMILES string of the molecule is Cc1cc(C)c(CNC(=O)CN2CCCC2=O)c(=O)[nH]1. The van der Waals surface area contributed by atoms with Crippen LogP contribution >= 0.6 is 0 Å². The Balaban J connectivity index is 1.94. The molecule has 0 saturated carbocycles. The fourth-order valence-corrected chi connectivity index (χ4v) is 2.39. The summed E-state index contributed by atoms with van der Waals surface area (Å²) >= 11 is 0. The Morgan fingerprint density at radius 2 is 2.15 bits per heavy atom. The van der Waals surface area contributed by atoms with Gasteiger partial charge in [0.15, 0.2) is 0 Å². The average molecular weight is 277 g/mol. The zero-order valence-corrected chi connectivity index (χ0v) is 11.8. The summed E-state index contributed by atoms with van der Waals surface area (Å²) in [6.07, 6.45) is 1.33. The molecule has 2 N–H and O–H groups in total. The lowest BCUT2D eigenvalue weighted by atomic mass is 10.1. The Morgan fingerprint density at radius 1 is 1.40 bits per heavy atom. The molecule has 2 amide bonds. The number of nitrogens with one attached hydrogen (secondary N) is 2. The van der Waals surface area contributed by atoms with Gasteiger partial charge in [0.1, 0.15) is 0 Å². The molecule has 1 fully saturated rings. The zero-order chi connectivity index (χ0) is 14.7. The summed E-state index contributed by atoms with van der Waals surface area (Å²) in [5.74, 6) is -0.218. The van der Waals surface area contributed by atoms with Crippen molar-refractivity contribution in [1.29, 1.82) is 0 Å². The Labute approximate surface area is 117 Å². The third-order valence-corrected chi connectivity index (χ3v) is 3.46. The van der Waals surface area contributed by atoms with E-state index in [4.69, 9.17) is 0 Å². The van der Waals surface area contributed by atoms with E-state index in [-0.39, 0.29) is 30.5 Å². The van der Waals surface area contributed by atoms with Crippen LogP contribution in [-0.4, -0.2) is 34.8 Å². The summed E-state index contributed by atoms with van der Waals surface area (Å²) in [6, 6.07) is 1.87. The number of hydrogen-bond donors (Lipinski definition) is 2. The van der Waals surface area contributed by atoms with E-state index in [1.54, 1.807) is 4.90 Å². The Morgan fingerprint density at radius 3 is 2.75 bits per heavy atom. The van der Waals surface area contributed by atoms with Crippen molar-refractivity contribution in [1.82, 2.24) is 15.2 Å². The highest BCUT2D eigenvalue weighted by Gasteiger charge is 2.22. The van der Waals surface area contributed by atoms with Crippen molar-refractivity contribution >= 4 is 11.8 Å². The molecule has 1 aliphatic rings. The van der Waals surface area contributed by atoms with Gasteiger partial charge < -0.3 is 15.2 Å². The lowest BCUT2D eigenvalue weighted by Crippen LogP contribution is -2.38. The first-order valence-corrected chi connectivity index (χ1v) is 6.71. The molecule has 108 valence electrons. The minimum Gasteiger partial charge on any atom is -0.350 e. The molecule has 6 heteroatoms. The third-order valence-electron chi connectivity index (χ3n) is 3.46. The highest BCUT2D eigenvalue weighted by atomic mass is 16.2. The highest BCUT2D eigenvalue weighted by Crippen LogP contribution is 2.08. The van der Waals surface area contributed by atoms with Gasteiger partial charge in [-0.15, -0.1) is 0 Å². The number of pyridine rings is 1. The summed E-state index contributed by atoms with van der Waals surface area (Å²) in [6.45, 7) is 4.55. The summed E-state index contributed by atoms with van der Waals surface area (Å²) in [4.78, 5) is 39.3. The van der Waals surface area contributed by atoms with Crippen LogP contribution in [0.1, 0.15) is 29.7 Å². The van der Waals surface area contributed by atoms with Gasteiger partial charge in [-0.05, 0) is 31.9 Å². The van der Waals surface area contributed by atoms with E-state index in [9.17, 15) is 14.4 Å². The fraction of sp³-hybridized carbons (Fsp3) is 0.500. The molecule has 0 aromatic carbocycles. The first-order chi connectivity index (χ1) is 9.47. The highest BCUT2D eigenvalue weighted by molar-refractivity contribution is 5.85. The molecule has 0 unspecified atom stereocenters. The van der Waals surface area contributed by atoms with E-state index in [1.807, 2.05) is 19.9 Å². The van der Waals surface area contributed by atoms with Crippen LogP contribution in [0.4, 0.5) is 0 Å². The first kappa shape index (κ1) is 14.3. The molecule has 0 radical (unpaired) electrons. The van der Waals surface area contributed by atoms with E-state index < -0.39 is 0 Å². The predicted octanol–water partition coefficient (Wildman–Crippen LogP) is 0.230. The molecule has 1 aromatic heterocycles. The van der Waals surface area contributed by atoms with E-state index in [0.29, 0.717) is 18.5 Å². The molecule has 2 rings (SSSR count). The molecule has 0 spiro atoms. The molecule has 6 nitrogen and oxygen atoms in total. The van der Waals surface area contributed by atoms with Crippen molar-refractivity contribution in [3.8, 4) is 0 Å². The second-order valence-electron chi connectivity index (χ2n) is 5.14. The van der Waals surface area contributed by atoms with Crippen LogP contribution in [0.3, 0.4) is 0 Å². The molecule has 1 aromatic rings. The van der Waals surface area contributed by atoms with Gasteiger partial charge in [-0.1, -0.05) is 0 Å². The topological polar surface area (TPSA) is 82.3 Å². The number of aromatic nitrogens is 1. The molecule has 0 aliphatic carbocycles. The lowest BCUT2D eigenvalue weighted by Gasteiger charge is -2.15. The molecule has 1 saturated heterocycles. The molecule has 0 bridgehead atoms. The van der Waals surface area contributed by atoms with Crippen LogP contribution in [0.5, 0.6) is 0 Å². The maximum atomic E-state index is 11.8. The van der Waals surface area contributed by atoms with E-state index in [1.165, 1.54) is 0 Å². The molecular weight excluding hydrogens is 258 g/mol. The number of carbonyl (C=O) groups excluding carboxylic acids is 2. The summed E-state index contributed by atoms with van der Waals surface area (Å²) in [5, 5.41) is 2.69. The van der Waals surface area contributed by atoms with Gasteiger partial charge in [0.2, 0.25) is 11.8 Å². The van der Waals surface area contributed by atoms with Crippen molar-refractivity contribution in [3.05, 3.63) is 33.2 Å². The van der Waals surface area contributed by atoms with Gasteiger partial charge in [0.25, 0.3) is 5.56 Å². The van der Waals surface area contributed by atoms with Crippen LogP contribution in [0.25, 0.3) is 0 Å². The second kappa shape index (κ2) is 5.90. The number of hydrogen-bond acceptors (Lipinski definition) is 3. The predicted molar refractivity (Wildman–Crippen MR) is 74.2 cm³/mol. The van der Waals surface area contributed by atoms with Crippen LogP contribution < -0.4 is 10.9 Å². The molecule has 20 heavy (non-hydrogen) atoms. The summed E-state index contributed by atoms with van der Waals surface area (Å²) in [7, 11) is 0.